The lowest BCUT2D eigenvalue weighted by Gasteiger charge is -2.07. The molecule has 2 N–H and O–H groups in total. The first kappa shape index (κ1) is 17.4. The van der Waals surface area contributed by atoms with Crippen molar-refractivity contribution in [3.05, 3.63) is 53.7 Å². The lowest BCUT2D eigenvalue weighted by atomic mass is 10.2. The van der Waals surface area contributed by atoms with Crippen LogP contribution in [0.4, 0.5) is 11.6 Å². The highest BCUT2D eigenvalue weighted by molar-refractivity contribution is 7.91. The molecule has 0 unspecified atom stereocenters. The lowest BCUT2D eigenvalue weighted by Crippen LogP contribution is -2.07. The Morgan fingerprint density at radius 2 is 1.88 bits per heavy atom. The first-order valence-electron chi connectivity index (χ1n) is 7.76. The predicted octanol–water partition coefficient (Wildman–Crippen LogP) is 4.05. The molecule has 0 bridgehead atoms. The molecule has 1 aromatic carbocycles. The van der Waals surface area contributed by atoms with Gasteiger partial charge in [-0.3, -0.25) is 5.10 Å². The maximum Gasteiger partial charge on any atom is 0.178 e. The summed E-state index contributed by atoms with van der Waals surface area (Å²) in [5.41, 5.74) is 1.83. The highest BCUT2D eigenvalue weighted by Gasteiger charge is 2.16. The summed E-state index contributed by atoms with van der Waals surface area (Å²) in [5, 5.41) is 10.2. The molecule has 2 heterocycles. The monoisotopic (exact) mass is 376 g/mol. The summed E-state index contributed by atoms with van der Waals surface area (Å²) < 4.78 is 24.5. The van der Waals surface area contributed by atoms with Crippen molar-refractivity contribution in [1.29, 1.82) is 0 Å². The SMILES string of the molecule is CCCS(=O)(=O)c1cc(Cl)nc(Nc2cc(-c3ccccc3)[nH]n2)c1. The highest BCUT2D eigenvalue weighted by atomic mass is 35.5. The maximum atomic E-state index is 12.2. The van der Waals surface area contributed by atoms with Gasteiger partial charge in [-0.15, -0.1) is 0 Å². The van der Waals surface area contributed by atoms with E-state index in [0.29, 0.717) is 18.1 Å². The average Bonchev–Trinajstić information content (AvgIpc) is 3.03. The fourth-order valence-electron chi connectivity index (χ4n) is 2.39. The first-order chi connectivity index (χ1) is 12.0. The van der Waals surface area contributed by atoms with Gasteiger partial charge in [0.2, 0.25) is 0 Å². The second kappa shape index (κ2) is 7.25. The number of rotatable bonds is 6. The van der Waals surface area contributed by atoms with E-state index in [-0.39, 0.29) is 15.8 Å². The van der Waals surface area contributed by atoms with Crippen molar-refractivity contribution in [2.75, 3.05) is 11.1 Å². The number of hydrogen-bond donors (Lipinski definition) is 2. The number of H-pyrrole nitrogens is 1. The fraction of sp³-hybridized carbons (Fsp3) is 0.176. The Kier molecular flexibility index (Phi) is 5.06. The molecule has 8 heteroatoms. The van der Waals surface area contributed by atoms with E-state index in [0.717, 1.165) is 11.3 Å². The molecule has 0 radical (unpaired) electrons. The third-order valence-electron chi connectivity index (χ3n) is 3.52. The number of pyridine rings is 1. The van der Waals surface area contributed by atoms with Gasteiger partial charge in [0.25, 0.3) is 0 Å². The number of nitrogens with one attached hydrogen (secondary N) is 2. The normalized spacial score (nSPS) is 11.4. The summed E-state index contributed by atoms with van der Waals surface area (Å²) in [7, 11) is -3.38. The molecule has 0 aliphatic carbocycles. The van der Waals surface area contributed by atoms with Crippen LogP contribution in [0.5, 0.6) is 0 Å². The fourth-order valence-corrected chi connectivity index (χ4v) is 4.01. The Labute approximate surface area is 151 Å². The topological polar surface area (TPSA) is 87.7 Å². The molecule has 0 saturated carbocycles. The van der Waals surface area contributed by atoms with Gasteiger partial charge in [-0.1, -0.05) is 48.9 Å². The van der Waals surface area contributed by atoms with Gasteiger partial charge >= 0.3 is 0 Å². The van der Waals surface area contributed by atoms with Crippen LogP contribution >= 0.6 is 11.6 Å². The van der Waals surface area contributed by atoms with E-state index in [4.69, 9.17) is 11.6 Å². The number of aromatic nitrogens is 3. The minimum atomic E-state index is -3.38. The van der Waals surface area contributed by atoms with Crippen LogP contribution in [0.1, 0.15) is 13.3 Å². The van der Waals surface area contributed by atoms with Crippen LogP contribution in [-0.4, -0.2) is 29.4 Å². The van der Waals surface area contributed by atoms with Gasteiger partial charge in [0.15, 0.2) is 15.7 Å². The summed E-state index contributed by atoms with van der Waals surface area (Å²) in [4.78, 5) is 4.27. The zero-order valence-corrected chi connectivity index (χ0v) is 15.1. The predicted molar refractivity (Wildman–Crippen MR) is 98.9 cm³/mol. The molecular weight excluding hydrogens is 360 g/mol. The summed E-state index contributed by atoms with van der Waals surface area (Å²) in [6, 6.07) is 14.4. The van der Waals surface area contributed by atoms with Crippen LogP contribution in [-0.2, 0) is 9.84 Å². The number of sulfone groups is 1. The number of benzene rings is 1. The molecule has 3 aromatic rings. The second-order valence-electron chi connectivity index (χ2n) is 5.49. The summed E-state index contributed by atoms with van der Waals surface area (Å²) in [5.74, 6) is 0.911. The van der Waals surface area contributed by atoms with Gasteiger partial charge < -0.3 is 5.32 Å². The van der Waals surface area contributed by atoms with Crippen LogP contribution in [0, 0.1) is 0 Å². The zero-order chi connectivity index (χ0) is 17.9. The Bertz CT molecular complexity index is 971. The standard InChI is InChI=1S/C17H17ClN4O2S/c1-2-8-25(23,24)13-9-15(18)19-16(10-13)20-17-11-14(21-22-17)12-6-4-3-5-7-12/h3-7,9-11H,2,8H2,1H3,(H2,19,20,21,22). The van der Waals surface area contributed by atoms with Gasteiger partial charge in [0.1, 0.15) is 11.0 Å². The van der Waals surface area contributed by atoms with Crippen LogP contribution in [0.3, 0.4) is 0 Å². The molecule has 25 heavy (non-hydrogen) atoms. The summed E-state index contributed by atoms with van der Waals surface area (Å²) in [6.45, 7) is 1.81. The van der Waals surface area contributed by atoms with Gasteiger partial charge in [0, 0.05) is 6.07 Å². The van der Waals surface area contributed by atoms with E-state index >= 15 is 0 Å². The molecule has 6 nitrogen and oxygen atoms in total. The minimum absolute atomic E-state index is 0.0628. The number of anilines is 2. The van der Waals surface area contributed by atoms with E-state index < -0.39 is 9.84 Å². The van der Waals surface area contributed by atoms with Crippen molar-refractivity contribution >= 4 is 33.1 Å². The number of halogens is 1. The van der Waals surface area contributed by atoms with Crippen LogP contribution in [0.15, 0.2) is 53.4 Å². The molecule has 0 aliphatic heterocycles. The number of nitrogens with zero attached hydrogens (tertiary/aromatic N) is 2. The summed E-state index contributed by atoms with van der Waals surface area (Å²) >= 11 is 5.98. The van der Waals surface area contributed by atoms with E-state index in [1.54, 1.807) is 0 Å². The van der Waals surface area contributed by atoms with Crippen molar-refractivity contribution in [2.24, 2.45) is 0 Å². The molecule has 0 saturated heterocycles. The van der Waals surface area contributed by atoms with Crippen LogP contribution in [0.2, 0.25) is 5.15 Å². The molecule has 2 aromatic heterocycles. The minimum Gasteiger partial charge on any atom is -0.323 e. The lowest BCUT2D eigenvalue weighted by molar-refractivity contribution is 0.594. The van der Waals surface area contributed by atoms with Crippen molar-refractivity contribution in [2.45, 2.75) is 18.2 Å². The number of aromatic amines is 1. The molecule has 0 spiro atoms. The Balaban J connectivity index is 1.87. The van der Waals surface area contributed by atoms with Crippen molar-refractivity contribution < 1.29 is 8.42 Å². The largest absolute Gasteiger partial charge is 0.323 e. The van der Waals surface area contributed by atoms with Gasteiger partial charge in [-0.25, -0.2) is 13.4 Å². The third kappa shape index (κ3) is 4.18. The second-order valence-corrected chi connectivity index (χ2v) is 7.98. The van der Waals surface area contributed by atoms with E-state index in [1.807, 2.05) is 43.3 Å². The van der Waals surface area contributed by atoms with Crippen LogP contribution in [0.25, 0.3) is 11.3 Å². The Morgan fingerprint density at radius 1 is 1.12 bits per heavy atom. The maximum absolute atomic E-state index is 12.2. The Hall–Kier alpha value is -2.38. The smallest absolute Gasteiger partial charge is 0.178 e. The molecule has 3 rings (SSSR count). The van der Waals surface area contributed by atoms with Gasteiger partial charge in [-0.2, -0.15) is 5.10 Å². The molecule has 0 aliphatic rings. The molecule has 0 atom stereocenters. The molecule has 0 amide bonds. The third-order valence-corrected chi connectivity index (χ3v) is 5.61. The van der Waals surface area contributed by atoms with E-state index in [9.17, 15) is 8.42 Å². The quantitative estimate of drug-likeness (QED) is 0.633. The number of hydrogen-bond acceptors (Lipinski definition) is 5. The van der Waals surface area contributed by atoms with Crippen molar-refractivity contribution in [1.82, 2.24) is 15.2 Å². The Morgan fingerprint density at radius 3 is 2.60 bits per heavy atom. The van der Waals surface area contributed by atoms with E-state index in [2.05, 4.69) is 20.5 Å². The van der Waals surface area contributed by atoms with Crippen molar-refractivity contribution in [3.8, 4) is 11.3 Å². The van der Waals surface area contributed by atoms with Crippen LogP contribution < -0.4 is 5.32 Å². The van der Waals surface area contributed by atoms with Crippen molar-refractivity contribution in [3.63, 3.8) is 0 Å². The molecular formula is C17H17ClN4O2S. The summed E-state index contributed by atoms with van der Waals surface area (Å²) in [6.07, 6.45) is 0.533. The average molecular weight is 377 g/mol. The first-order valence-corrected chi connectivity index (χ1v) is 9.79. The van der Waals surface area contributed by atoms with Gasteiger partial charge in [-0.05, 0) is 24.1 Å². The van der Waals surface area contributed by atoms with E-state index in [1.165, 1.54) is 12.1 Å². The highest BCUT2D eigenvalue weighted by Crippen LogP contribution is 2.24. The van der Waals surface area contributed by atoms with Gasteiger partial charge in [0.05, 0.1) is 16.3 Å². The zero-order valence-electron chi connectivity index (χ0n) is 13.5. The molecule has 130 valence electrons. The molecule has 0 fully saturated rings.